The Morgan fingerprint density at radius 3 is 2.36 bits per heavy atom. The van der Waals surface area contributed by atoms with Gasteiger partial charge in [-0.2, -0.15) is 8.78 Å². The third-order valence-corrected chi connectivity index (χ3v) is 4.51. The van der Waals surface area contributed by atoms with Gasteiger partial charge < -0.3 is 4.74 Å². The minimum Gasteiger partial charge on any atom is -0.435 e. The quantitative estimate of drug-likeness (QED) is 0.538. The van der Waals surface area contributed by atoms with Gasteiger partial charge in [0.1, 0.15) is 5.75 Å². The number of aryl methyl sites for hydroxylation is 1. The van der Waals surface area contributed by atoms with Gasteiger partial charge in [0, 0.05) is 11.3 Å². The van der Waals surface area contributed by atoms with Crippen molar-refractivity contribution in [3.63, 3.8) is 0 Å². The van der Waals surface area contributed by atoms with E-state index in [9.17, 15) is 8.78 Å². The molecule has 0 bridgehead atoms. The monoisotopic (exact) mass is 360 g/mol. The van der Waals surface area contributed by atoms with Gasteiger partial charge in [0.15, 0.2) is 5.16 Å². The van der Waals surface area contributed by atoms with Gasteiger partial charge >= 0.3 is 6.61 Å². The molecule has 130 valence electrons. The van der Waals surface area contributed by atoms with Crippen molar-refractivity contribution in [2.24, 2.45) is 0 Å². The van der Waals surface area contributed by atoms with Crippen molar-refractivity contribution in [2.75, 3.05) is 5.75 Å². The molecule has 0 saturated carbocycles. The summed E-state index contributed by atoms with van der Waals surface area (Å²) in [5.74, 6) is 1.03. The zero-order valence-corrected chi connectivity index (χ0v) is 14.8. The normalized spacial score (nSPS) is 11.1. The smallest absolute Gasteiger partial charge is 0.387 e. The second-order valence-corrected chi connectivity index (χ2v) is 6.66. The van der Waals surface area contributed by atoms with Crippen molar-refractivity contribution in [2.45, 2.75) is 25.6 Å². The van der Waals surface area contributed by atoms with Crippen LogP contribution in [0.1, 0.15) is 12.5 Å². The number of hydrogen-bond donors (Lipinski definition) is 0. The van der Waals surface area contributed by atoms with Gasteiger partial charge in [-0.25, -0.2) is 4.98 Å². The van der Waals surface area contributed by atoms with Gasteiger partial charge in [-0.15, -0.1) is 0 Å². The number of imidazole rings is 1. The van der Waals surface area contributed by atoms with Crippen LogP contribution >= 0.6 is 11.8 Å². The maximum Gasteiger partial charge on any atom is 0.387 e. The van der Waals surface area contributed by atoms with E-state index in [1.807, 2.05) is 17.7 Å². The summed E-state index contributed by atoms with van der Waals surface area (Å²) in [5.41, 5.74) is 4.05. The fraction of sp³-hybridized carbons (Fsp3) is 0.211. The summed E-state index contributed by atoms with van der Waals surface area (Å²) in [5, 5.41) is 0.862. The number of benzene rings is 2. The van der Waals surface area contributed by atoms with Gasteiger partial charge in [0.25, 0.3) is 0 Å². The van der Waals surface area contributed by atoms with Gasteiger partial charge in [0.2, 0.25) is 0 Å². The maximum atomic E-state index is 12.3. The Hall–Kier alpha value is -2.34. The fourth-order valence-corrected chi connectivity index (χ4v) is 3.24. The van der Waals surface area contributed by atoms with Crippen LogP contribution in [-0.4, -0.2) is 21.9 Å². The summed E-state index contributed by atoms with van der Waals surface area (Å²) in [7, 11) is 0. The molecular weight excluding hydrogens is 342 g/mol. The summed E-state index contributed by atoms with van der Waals surface area (Å²) < 4.78 is 31.1. The highest BCUT2D eigenvalue weighted by atomic mass is 32.2. The summed E-state index contributed by atoms with van der Waals surface area (Å²) in [6.45, 7) is 1.28. The minimum atomic E-state index is -2.83. The van der Waals surface area contributed by atoms with E-state index in [1.54, 1.807) is 36.0 Å². The first-order valence-corrected chi connectivity index (χ1v) is 8.90. The van der Waals surface area contributed by atoms with Gasteiger partial charge in [-0.3, -0.25) is 4.57 Å². The van der Waals surface area contributed by atoms with Crippen LogP contribution in [0, 0.1) is 6.92 Å². The first-order valence-electron chi connectivity index (χ1n) is 7.91. The van der Waals surface area contributed by atoms with E-state index in [0.717, 1.165) is 27.9 Å². The number of aromatic nitrogens is 2. The molecule has 0 amide bonds. The molecule has 0 spiro atoms. The number of alkyl halides is 2. The number of nitrogens with zero attached hydrogens (tertiary/aromatic N) is 2. The molecule has 0 aliphatic rings. The first kappa shape index (κ1) is 17.5. The van der Waals surface area contributed by atoms with E-state index in [-0.39, 0.29) is 5.75 Å². The van der Waals surface area contributed by atoms with Crippen LogP contribution in [0.15, 0.2) is 59.9 Å². The molecule has 0 aliphatic heterocycles. The third-order valence-electron chi connectivity index (χ3n) is 3.67. The molecule has 25 heavy (non-hydrogen) atoms. The molecule has 0 saturated heterocycles. The number of halogens is 2. The molecule has 0 N–H and O–H groups in total. The molecule has 6 heteroatoms. The summed E-state index contributed by atoms with van der Waals surface area (Å²) >= 11 is 1.63. The molecule has 0 radical (unpaired) electrons. The zero-order chi connectivity index (χ0) is 17.8. The van der Waals surface area contributed by atoms with Crippen LogP contribution in [0.2, 0.25) is 0 Å². The van der Waals surface area contributed by atoms with Crippen LogP contribution in [0.3, 0.4) is 0 Å². The second-order valence-electron chi connectivity index (χ2n) is 5.43. The second kappa shape index (κ2) is 7.70. The average Bonchev–Trinajstić information content (AvgIpc) is 3.00. The molecule has 0 fully saturated rings. The van der Waals surface area contributed by atoms with Crippen LogP contribution in [0.25, 0.3) is 16.9 Å². The Morgan fingerprint density at radius 1 is 1.08 bits per heavy atom. The molecule has 1 aromatic heterocycles. The minimum absolute atomic E-state index is 0.139. The van der Waals surface area contributed by atoms with E-state index < -0.39 is 6.61 Å². The standard InChI is InChI=1S/C19H18F2N2OS/c1-3-25-19-22-12-17(14-6-4-13(2)5-7-14)23(19)15-8-10-16(11-9-15)24-18(20)21/h4-12,18H,3H2,1-2H3. The molecule has 0 unspecified atom stereocenters. The number of rotatable bonds is 6. The predicted octanol–water partition coefficient (Wildman–Crippen LogP) is 5.56. The highest BCUT2D eigenvalue weighted by Gasteiger charge is 2.14. The lowest BCUT2D eigenvalue weighted by Gasteiger charge is -2.13. The topological polar surface area (TPSA) is 27.1 Å². The van der Waals surface area contributed by atoms with Crippen molar-refractivity contribution in [3.05, 3.63) is 60.3 Å². The molecule has 3 aromatic rings. The molecule has 0 aliphatic carbocycles. The van der Waals surface area contributed by atoms with E-state index in [0.29, 0.717) is 0 Å². The van der Waals surface area contributed by atoms with E-state index in [4.69, 9.17) is 0 Å². The first-order chi connectivity index (χ1) is 12.1. The Kier molecular flexibility index (Phi) is 5.38. The molecule has 2 aromatic carbocycles. The summed E-state index contributed by atoms with van der Waals surface area (Å²) in [6, 6.07) is 14.8. The van der Waals surface area contributed by atoms with Crippen molar-refractivity contribution in [1.29, 1.82) is 0 Å². The van der Waals surface area contributed by atoms with E-state index in [1.165, 1.54) is 5.56 Å². The van der Waals surface area contributed by atoms with Crippen molar-refractivity contribution < 1.29 is 13.5 Å². The fourth-order valence-electron chi connectivity index (χ4n) is 2.52. The lowest BCUT2D eigenvalue weighted by Crippen LogP contribution is -2.03. The van der Waals surface area contributed by atoms with Crippen molar-refractivity contribution >= 4 is 11.8 Å². The number of hydrogen-bond acceptors (Lipinski definition) is 3. The Labute approximate surface area is 149 Å². The average molecular weight is 360 g/mol. The van der Waals surface area contributed by atoms with E-state index >= 15 is 0 Å². The van der Waals surface area contributed by atoms with Crippen molar-refractivity contribution in [1.82, 2.24) is 9.55 Å². The highest BCUT2D eigenvalue weighted by Crippen LogP contribution is 2.30. The van der Waals surface area contributed by atoms with Crippen LogP contribution in [0.4, 0.5) is 8.78 Å². The number of ether oxygens (including phenoxy) is 1. The Bertz CT molecular complexity index is 830. The van der Waals surface area contributed by atoms with Crippen LogP contribution in [-0.2, 0) is 0 Å². The Balaban J connectivity index is 2.03. The largest absolute Gasteiger partial charge is 0.435 e. The molecule has 0 atom stereocenters. The molecule has 3 nitrogen and oxygen atoms in total. The van der Waals surface area contributed by atoms with E-state index in [2.05, 4.69) is 40.9 Å². The SMILES string of the molecule is CCSc1ncc(-c2ccc(C)cc2)n1-c1ccc(OC(F)F)cc1. The highest BCUT2D eigenvalue weighted by molar-refractivity contribution is 7.99. The Morgan fingerprint density at radius 2 is 1.76 bits per heavy atom. The zero-order valence-electron chi connectivity index (χ0n) is 13.9. The lowest BCUT2D eigenvalue weighted by atomic mass is 10.1. The number of thioether (sulfide) groups is 1. The molecule has 3 rings (SSSR count). The lowest BCUT2D eigenvalue weighted by molar-refractivity contribution is -0.0498. The molecule has 1 heterocycles. The van der Waals surface area contributed by atoms with Gasteiger partial charge in [-0.05, 0) is 36.9 Å². The predicted molar refractivity (Wildman–Crippen MR) is 96.8 cm³/mol. The third kappa shape index (κ3) is 4.02. The van der Waals surface area contributed by atoms with Crippen LogP contribution < -0.4 is 4.74 Å². The summed E-state index contributed by atoms with van der Waals surface area (Å²) in [6.07, 6.45) is 1.84. The van der Waals surface area contributed by atoms with Gasteiger partial charge in [-0.1, -0.05) is 48.5 Å². The molecular formula is C19H18F2N2OS. The van der Waals surface area contributed by atoms with Crippen molar-refractivity contribution in [3.8, 4) is 22.7 Å². The maximum absolute atomic E-state index is 12.3. The van der Waals surface area contributed by atoms with Gasteiger partial charge in [0.05, 0.1) is 11.9 Å². The van der Waals surface area contributed by atoms with Crippen LogP contribution in [0.5, 0.6) is 5.75 Å². The summed E-state index contributed by atoms with van der Waals surface area (Å²) in [4.78, 5) is 4.53.